The summed E-state index contributed by atoms with van der Waals surface area (Å²) in [4.78, 5) is 2.74. The Kier molecular flexibility index (Phi) is 4.19. The standard InChI is InChI=1S/C17H26N2/c1-2-17(12-14-6-4-3-5-7-14)19-11-10-15-8-9-16(13-19)18-15/h3-7,15-18H,2,8-13H2,1H3. The Morgan fingerprint density at radius 1 is 1.16 bits per heavy atom. The number of likely N-dealkylation sites (tertiary alicyclic amines) is 1. The lowest BCUT2D eigenvalue weighted by atomic mass is 10.00. The van der Waals surface area contributed by atoms with Gasteiger partial charge in [0, 0.05) is 24.7 Å². The van der Waals surface area contributed by atoms with Crippen LogP contribution in [0.2, 0.25) is 0 Å². The number of hydrogen-bond acceptors (Lipinski definition) is 2. The maximum Gasteiger partial charge on any atom is 0.0198 e. The van der Waals surface area contributed by atoms with Crippen molar-refractivity contribution in [3.8, 4) is 0 Å². The van der Waals surface area contributed by atoms with Crippen LogP contribution in [-0.4, -0.2) is 36.1 Å². The second kappa shape index (κ2) is 6.06. The summed E-state index contributed by atoms with van der Waals surface area (Å²) in [5.74, 6) is 0. The third kappa shape index (κ3) is 3.18. The molecule has 2 heterocycles. The van der Waals surface area contributed by atoms with E-state index >= 15 is 0 Å². The largest absolute Gasteiger partial charge is 0.310 e. The van der Waals surface area contributed by atoms with E-state index in [-0.39, 0.29) is 0 Å². The van der Waals surface area contributed by atoms with Crippen molar-refractivity contribution in [2.45, 2.75) is 57.2 Å². The molecule has 3 rings (SSSR count). The van der Waals surface area contributed by atoms with Gasteiger partial charge in [0.1, 0.15) is 0 Å². The maximum atomic E-state index is 3.78. The van der Waals surface area contributed by atoms with Crippen LogP contribution < -0.4 is 5.32 Å². The molecular weight excluding hydrogens is 232 g/mol. The smallest absolute Gasteiger partial charge is 0.0198 e. The fourth-order valence-electron chi connectivity index (χ4n) is 3.72. The maximum absolute atomic E-state index is 3.78. The van der Waals surface area contributed by atoms with E-state index in [9.17, 15) is 0 Å². The Morgan fingerprint density at radius 2 is 1.95 bits per heavy atom. The van der Waals surface area contributed by atoms with Crippen LogP contribution in [0.4, 0.5) is 0 Å². The van der Waals surface area contributed by atoms with Gasteiger partial charge >= 0.3 is 0 Å². The number of fused-ring (bicyclic) bond motifs is 2. The first kappa shape index (κ1) is 13.1. The minimum absolute atomic E-state index is 0.712. The number of hydrogen-bond donors (Lipinski definition) is 1. The molecule has 2 heteroatoms. The number of nitrogens with zero attached hydrogens (tertiary/aromatic N) is 1. The lowest BCUT2D eigenvalue weighted by Crippen LogP contribution is -2.42. The quantitative estimate of drug-likeness (QED) is 0.893. The Labute approximate surface area is 117 Å². The molecule has 0 spiro atoms. The fourth-order valence-corrected chi connectivity index (χ4v) is 3.72. The van der Waals surface area contributed by atoms with E-state index in [0.29, 0.717) is 6.04 Å². The van der Waals surface area contributed by atoms with Gasteiger partial charge in [-0.2, -0.15) is 0 Å². The van der Waals surface area contributed by atoms with Crippen molar-refractivity contribution in [1.29, 1.82) is 0 Å². The van der Waals surface area contributed by atoms with Gasteiger partial charge in [-0.25, -0.2) is 0 Å². The Bertz CT molecular complexity index is 390. The summed E-state index contributed by atoms with van der Waals surface area (Å²) in [6.07, 6.45) is 6.57. The molecule has 19 heavy (non-hydrogen) atoms. The van der Waals surface area contributed by atoms with Crippen LogP contribution in [0.5, 0.6) is 0 Å². The van der Waals surface area contributed by atoms with E-state index < -0.39 is 0 Å². The first-order valence-corrected chi connectivity index (χ1v) is 7.89. The van der Waals surface area contributed by atoms with Gasteiger partial charge in [-0.15, -0.1) is 0 Å². The molecule has 1 aromatic carbocycles. The fraction of sp³-hybridized carbons (Fsp3) is 0.647. The van der Waals surface area contributed by atoms with Crippen LogP contribution >= 0.6 is 0 Å². The van der Waals surface area contributed by atoms with Gasteiger partial charge in [-0.1, -0.05) is 37.3 Å². The van der Waals surface area contributed by atoms with Crippen molar-refractivity contribution in [2.75, 3.05) is 13.1 Å². The van der Waals surface area contributed by atoms with Gasteiger partial charge < -0.3 is 5.32 Å². The Morgan fingerprint density at radius 3 is 2.74 bits per heavy atom. The third-order valence-electron chi connectivity index (χ3n) is 4.86. The SMILES string of the molecule is CCC(Cc1ccccc1)N1CCC2CCC(C1)N2. The Hall–Kier alpha value is -0.860. The highest BCUT2D eigenvalue weighted by molar-refractivity contribution is 5.16. The van der Waals surface area contributed by atoms with Crippen molar-refractivity contribution >= 4 is 0 Å². The molecule has 1 N–H and O–H groups in total. The molecule has 2 fully saturated rings. The molecule has 0 saturated carbocycles. The van der Waals surface area contributed by atoms with Crippen molar-refractivity contribution in [3.05, 3.63) is 35.9 Å². The predicted octanol–water partition coefficient (Wildman–Crippen LogP) is 2.83. The minimum Gasteiger partial charge on any atom is -0.310 e. The van der Waals surface area contributed by atoms with Crippen LogP contribution in [0.25, 0.3) is 0 Å². The van der Waals surface area contributed by atoms with Crippen LogP contribution in [0.15, 0.2) is 30.3 Å². The zero-order chi connectivity index (χ0) is 13.1. The van der Waals surface area contributed by atoms with E-state index in [1.807, 2.05) is 0 Å². The van der Waals surface area contributed by atoms with Crippen molar-refractivity contribution in [1.82, 2.24) is 10.2 Å². The zero-order valence-electron chi connectivity index (χ0n) is 12.0. The van der Waals surface area contributed by atoms with E-state index in [1.165, 1.54) is 50.8 Å². The highest BCUT2D eigenvalue weighted by atomic mass is 15.2. The van der Waals surface area contributed by atoms with Crippen molar-refractivity contribution in [3.63, 3.8) is 0 Å². The molecule has 1 aromatic rings. The molecule has 0 amide bonds. The lowest BCUT2D eigenvalue weighted by Gasteiger charge is -2.32. The predicted molar refractivity (Wildman–Crippen MR) is 80.4 cm³/mol. The highest BCUT2D eigenvalue weighted by Crippen LogP contribution is 2.23. The molecule has 104 valence electrons. The summed E-state index contributed by atoms with van der Waals surface area (Å²) in [6.45, 7) is 4.87. The first-order valence-electron chi connectivity index (χ1n) is 7.89. The molecule has 0 aliphatic carbocycles. The molecular formula is C17H26N2. The van der Waals surface area contributed by atoms with Gasteiger partial charge in [0.15, 0.2) is 0 Å². The van der Waals surface area contributed by atoms with E-state index in [4.69, 9.17) is 0 Å². The van der Waals surface area contributed by atoms with E-state index in [0.717, 1.165) is 12.1 Å². The summed E-state index contributed by atoms with van der Waals surface area (Å²) < 4.78 is 0. The average Bonchev–Trinajstić information content (AvgIpc) is 2.77. The molecule has 2 saturated heterocycles. The van der Waals surface area contributed by atoms with Crippen molar-refractivity contribution in [2.24, 2.45) is 0 Å². The molecule has 0 radical (unpaired) electrons. The summed E-state index contributed by atoms with van der Waals surface area (Å²) >= 11 is 0. The average molecular weight is 258 g/mol. The van der Waals surface area contributed by atoms with Crippen LogP contribution in [-0.2, 0) is 6.42 Å². The monoisotopic (exact) mass is 258 g/mol. The molecule has 0 aromatic heterocycles. The molecule has 2 aliphatic heterocycles. The van der Waals surface area contributed by atoms with E-state index in [1.54, 1.807) is 0 Å². The topological polar surface area (TPSA) is 15.3 Å². The summed E-state index contributed by atoms with van der Waals surface area (Å²) in [7, 11) is 0. The molecule has 2 nitrogen and oxygen atoms in total. The van der Waals surface area contributed by atoms with Gasteiger partial charge in [0.05, 0.1) is 0 Å². The van der Waals surface area contributed by atoms with Gasteiger partial charge in [-0.05, 0) is 44.2 Å². The molecule has 3 atom stereocenters. The Balaban J connectivity index is 1.65. The minimum atomic E-state index is 0.712. The summed E-state index contributed by atoms with van der Waals surface area (Å²) in [6, 6.07) is 13.2. The van der Waals surface area contributed by atoms with Gasteiger partial charge in [0.25, 0.3) is 0 Å². The summed E-state index contributed by atoms with van der Waals surface area (Å²) in [5.41, 5.74) is 1.48. The van der Waals surface area contributed by atoms with Gasteiger partial charge in [0.2, 0.25) is 0 Å². The third-order valence-corrected chi connectivity index (χ3v) is 4.86. The second-order valence-corrected chi connectivity index (χ2v) is 6.17. The second-order valence-electron chi connectivity index (χ2n) is 6.17. The first-order chi connectivity index (χ1) is 9.35. The van der Waals surface area contributed by atoms with E-state index in [2.05, 4.69) is 47.5 Å². The van der Waals surface area contributed by atoms with Gasteiger partial charge in [-0.3, -0.25) is 4.90 Å². The summed E-state index contributed by atoms with van der Waals surface area (Å²) in [5, 5.41) is 3.78. The normalized spacial score (nSPS) is 29.1. The van der Waals surface area contributed by atoms with Crippen LogP contribution in [0.3, 0.4) is 0 Å². The molecule has 2 bridgehead atoms. The number of rotatable bonds is 4. The molecule has 3 unspecified atom stereocenters. The van der Waals surface area contributed by atoms with Crippen LogP contribution in [0.1, 0.15) is 38.2 Å². The number of nitrogens with one attached hydrogen (secondary N) is 1. The van der Waals surface area contributed by atoms with Crippen LogP contribution in [0, 0.1) is 0 Å². The zero-order valence-corrected chi connectivity index (χ0v) is 12.0. The van der Waals surface area contributed by atoms with Crippen molar-refractivity contribution < 1.29 is 0 Å². The number of benzene rings is 1. The highest BCUT2D eigenvalue weighted by Gasteiger charge is 2.31. The lowest BCUT2D eigenvalue weighted by molar-refractivity contribution is 0.180. The molecule has 2 aliphatic rings.